The molecule has 0 fully saturated rings. The quantitative estimate of drug-likeness (QED) is 0.570. The summed E-state index contributed by atoms with van der Waals surface area (Å²) in [4.78, 5) is 19.8. The maximum atomic E-state index is 13.5. The van der Waals surface area contributed by atoms with Gasteiger partial charge in [-0.1, -0.05) is 68.4 Å². The number of benzene rings is 2. The lowest BCUT2D eigenvalue weighted by atomic mass is 9.83. The van der Waals surface area contributed by atoms with E-state index in [4.69, 9.17) is 15.9 Å². The van der Waals surface area contributed by atoms with Gasteiger partial charge in [-0.15, -0.1) is 0 Å². The molecule has 29 heavy (non-hydrogen) atoms. The molecule has 0 bridgehead atoms. The van der Waals surface area contributed by atoms with E-state index in [9.17, 15) is 4.79 Å². The normalized spacial score (nSPS) is 19.1. The summed E-state index contributed by atoms with van der Waals surface area (Å²) in [6, 6.07) is 17.9. The van der Waals surface area contributed by atoms with Crippen LogP contribution < -0.4 is 11.2 Å². The number of nitrogens with two attached hydrogens (primary N) is 1. The van der Waals surface area contributed by atoms with E-state index < -0.39 is 5.54 Å². The lowest BCUT2D eigenvalue weighted by Crippen LogP contribution is -2.44. The van der Waals surface area contributed by atoms with E-state index in [1.54, 1.807) is 4.90 Å². The number of nitrogens with one attached hydrogen (secondary N) is 1. The fourth-order valence-electron chi connectivity index (χ4n) is 3.94. The zero-order valence-electron chi connectivity index (χ0n) is 17.1. The molecule has 1 aliphatic heterocycles. The van der Waals surface area contributed by atoms with Crippen LogP contribution in [-0.4, -0.2) is 27.5 Å². The molecule has 0 saturated carbocycles. The maximum Gasteiger partial charge on any atom is 0.257 e. The Bertz CT molecular complexity index is 849. The largest absolute Gasteiger partial charge is 0.369 e. The van der Waals surface area contributed by atoms with E-state index in [0.29, 0.717) is 37.8 Å². The van der Waals surface area contributed by atoms with Crippen molar-refractivity contribution in [2.75, 3.05) is 0 Å². The first-order valence-corrected chi connectivity index (χ1v) is 10.1. The van der Waals surface area contributed by atoms with Crippen molar-refractivity contribution in [2.24, 2.45) is 16.6 Å². The second kappa shape index (κ2) is 9.20. The Balaban J connectivity index is 1.77. The van der Waals surface area contributed by atoms with Gasteiger partial charge in [-0.3, -0.25) is 9.69 Å². The van der Waals surface area contributed by atoms with E-state index in [-0.39, 0.29) is 5.91 Å². The summed E-state index contributed by atoms with van der Waals surface area (Å²) in [5.74, 6) is 0.613. The van der Waals surface area contributed by atoms with Crippen LogP contribution in [-0.2, 0) is 24.3 Å². The minimum atomic E-state index is -0.797. The number of hydrogen-bond acceptors (Lipinski definition) is 5. The summed E-state index contributed by atoms with van der Waals surface area (Å²) < 4.78 is 0. The summed E-state index contributed by atoms with van der Waals surface area (Å²) in [6.07, 6.45) is 2.11. The average Bonchev–Trinajstić information content (AvgIpc) is 2.93. The van der Waals surface area contributed by atoms with Crippen LogP contribution in [0.1, 0.15) is 43.4 Å². The maximum absolute atomic E-state index is 13.5. The predicted molar refractivity (Wildman–Crippen MR) is 114 cm³/mol. The number of carbonyl (C=O) groups excluding carboxylic acids is 1. The number of aryl methyl sites for hydroxylation is 1. The van der Waals surface area contributed by atoms with Gasteiger partial charge in [0.1, 0.15) is 5.54 Å². The summed E-state index contributed by atoms with van der Waals surface area (Å²) in [5, 5.41) is 8.82. The molecule has 2 aromatic rings. The van der Waals surface area contributed by atoms with Crippen molar-refractivity contribution in [3.8, 4) is 0 Å². The Labute approximate surface area is 172 Å². The van der Waals surface area contributed by atoms with Crippen molar-refractivity contribution in [1.29, 1.82) is 0 Å². The third-order valence-corrected chi connectivity index (χ3v) is 5.31. The number of aliphatic imine (C=N–C) groups is 1. The highest BCUT2D eigenvalue weighted by atomic mass is 16.5. The molecular weight excluding hydrogens is 364 g/mol. The molecule has 1 atom stereocenters. The van der Waals surface area contributed by atoms with Crippen molar-refractivity contribution in [1.82, 2.24) is 10.4 Å². The number of hydrogen-bond donors (Lipinski definition) is 3. The Morgan fingerprint density at radius 1 is 1.07 bits per heavy atom. The van der Waals surface area contributed by atoms with Crippen molar-refractivity contribution in [3.05, 3.63) is 71.3 Å². The molecule has 154 valence electrons. The summed E-state index contributed by atoms with van der Waals surface area (Å²) >= 11 is 0. The van der Waals surface area contributed by atoms with Gasteiger partial charge in [-0.2, -0.15) is 0 Å². The number of hydroxylamine groups is 1. The molecule has 6 nitrogen and oxygen atoms in total. The Hall–Kier alpha value is -2.70. The van der Waals surface area contributed by atoms with Gasteiger partial charge in [-0.05, 0) is 41.9 Å². The SMILES string of the molecule is CC(C)CC1(CCc2ccccc2)N=C(N)N(Cc2ccc(CNO)cc2)C1=O. The van der Waals surface area contributed by atoms with Crippen molar-refractivity contribution in [2.45, 2.75) is 51.7 Å². The van der Waals surface area contributed by atoms with Crippen molar-refractivity contribution >= 4 is 11.9 Å². The summed E-state index contributed by atoms with van der Waals surface area (Å²) in [7, 11) is 0. The van der Waals surface area contributed by atoms with Crippen LogP contribution in [0.2, 0.25) is 0 Å². The molecule has 1 amide bonds. The first-order valence-electron chi connectivity index (χ1n) is 10.1. The highest BCUT2D eigenvalue weighted by Crippen LogP contribution is 2.34. The summed E-state index contributed by atoms with van der Waals surface area (Å²) in [5.41, 5.74) is 10.7. The average molecular weight is 395 g/mol. The number of rotatable bonds is 9. The first-order chi connectivity index (χ1) is 13.9. The van der Waals surface area contributed by atoms with Crippen LogP contribution in [0.5, 0.6) is 0 Å². The van der Waals surface area contributed by atoms with Crippen LogP contribution in [0, 0.1) is 5.92 Å². The van der Waals surface area contributed by atoms with Gasteiger partial charge in [0.05, 0.1) is 6.54 Å². The third-order valence-electron chi connectivity index (χ3n) is 5.31. The Morgan fingerprint density at radius 3 is 2.34 bits per heavy atom. The van der Waals surface area contributed by atoms with E-state index in [1.165, 1.54) is 5.56 Å². The molecule has 3 rings (SSSR count). The predicted octanol–water partition coefficient (Wildman–Crippen LogP) is 3.24. The lowest BCUT2D eigenvalue weighted by Gasteiger charge is -2.28. The zero-order chi connectivity index (χ0) is 20.9. The van der Waals surface area contributed by atoms with Crippen LogP contribution >= 0.6 is 0 Å². The number of carbonyl (C=O) groups is 1. The highest BCUT2D eigenvalue weighted by Gasteiger charge is 2.47. The molecule has 4 N–H and O–H groups in total. The van der Waals surface area contributed by atoms with Crippen LogP contribution in [0.3, 0.4) is 0 Å². The fraction of sp³-hybridized carbons (Fsp3) is 0.391. The van der Waals surface area contributed by atoms with E-state index in [2.05, 4.69) is 31.5 Å². The first kappa shape index (κ1) is 21.0. The Morgan fingerprint density at radius 2 is 1.72 bits per heavy atom. The minimum absolute atomic E-state index is 0.0132. The summed E-state index contributed by atoms with van der Waals surface area (Å²) in [6.45, 7) is 5.00. The second-order valence-electron chi connectivity index (χ2n) is 8.13. The minimum Gasteiger partial charge on any atom is -0.369 e. The molecule has 1 aliphatic rings. The van der Waals surface area contributed by atoms with E-state index in [0.717, 1.165) is 17.5 Å². The van der Waals surface area contributed by atoms with Crippen molar-refractivity contribution in [3.63, 3.8) is 0 Å². The topological polar surface area (TPSA) is 90.9 Å². The van der Waals surface area contributed by atoms with Gasteiger partial charge in [0.2, 0.25) is 0 Å². The van der Waals surface area contributed by atoms with Gasteiger partial charge >= 0.3 is 0 Å². The number of amides is 1. The molecule has 0 radical (unpaired) electrons. The van der Waals surface area contributed by atoms with Crippen LogP contribution in [0.15, 0.2) is 59.6 Å². The smallest absolute Gasteiger partial charge is 0.257 e. The second-order valence-corrected chi connectivity index (χ2v) is 8.13. The molecule has 2 aromatic carbocycles. The van der Waals surface area contributed by atoms with Gasteiger partial charge in [-0.25, -0.2) is 10.5 Å². The van der Waals surface area contributed by atoms with Gasteiger partial charge < -0.3 is 10.9 Å². The van der Waals surface area contributed by atoms with Gasteiger partial charge in [0, 0.05) is 6.54 Å². The van der Waals surface area contributed by atoms with Gasteiger partial charge in [0.15, 0.2) is 5.96 Å². The monoisotopic (exact) mass is 394 g/mol. The molecule has 1 unspecified atom stereocenters. The molecule has 6 heteroatoms. The molecule has 0 spiro atoms. The van der Waals surface area contributed by atoms with E-state index >= 15 is 0 Å². The molecule has 1 heterocycles. The number of nitrogens with zero attached hydrogens (tertiary/aromatic N) is 2. The molecule has 0 aliphatic carbocycles. The van der Waals surface area contributed by atoms with Gasteiger partial charge in [0.25, 0.3) is 5.91 Å². The third kappa shape index (κ3) is 5.02. The molecular formula is C23H30N4O2. The lowest BCUT2D eigenvalue weighted by molar-refractivity contribution is -0.132. The standard InChI is InChI=1S/C23H30N4O2/c1-17(2)14-23(13-12-18-6-4-3-5-7-18)21(28)27(22(24)26-23)16-20-10-8-19(9-11-20)15-25-29/h3-11,17,25,29H,12-16H2,1-2H3,(H2,24,26). The van der Waals surface area contributed by atoms with Crippen molar-refractivity contribution < 1.29 is 10.0 Å². The molecule has 0 aromatic heterocycles. The highest BCUT2D eigenvalue weighted by molar-refractivity contribution is 6.06. The van der Waals surface area contributed by atoms with Crippen LogP contribution in [0.4, 0.5) is 0 Å². The zero-order valence-corrected chi connectivity index (χ0v) is 17.1. The fourth-order valence-corrected chi connectivity index (χ4v) is 3.94. The van der Waals surface area contributed by atoms with E-state index in [1.807, 2.05) is 42.5 Å². The molecule has 0 saturated heterocycles. The Kier molecular flexibility index (Phi) is 6.67. The number of guanidine groups is 1. The van der Waals surface area contributed by atoms with Crippen LogP contribution in [0.25, 0.3) is 0 Å².